The summed E-state index contributed by atoms with van der Waals surface area (Å²) < 4.78 is 28.4. The highest BCUT2D eigenvalue weighted by atomic mass is 19.3. The fourth-order valence-corrected chi connectivity index (χ4v) is 1.54. The van der Waals surface area contributed by atoms with Crippen LogP contribution in [-0.2, 0) is 4.79 Å². The van der Waals surface area contributed by atoms with Crippen molar-refractivity contribution >= 4 is 11.6 Å². The first kappa shape index (κ1) is 15.4. The minimum Gasteiger partial charge on any atom is -0.435 e. The van der Waals surface area contributed by atoms with Crippen molar-refractivity contribution < 1.29 is 18.3 Å². The molecule has 0 saturated carbocycles. The third-order valence-corrected chi connectivity index (χ3v) is 2.53. The lowest BCUT2D eigenvalue weighted by Crippen LogP contribution is -2.35. The van der Waals surface area contributed by atoms with E-state index in [0.29, 0.717) is 12.1 Å². The van der Waals surface area contributed by atoms with Crippen molar-refractivity contribution in [1.82, 2.24) is 0 Å². The number of nitrogens with two attached hydrogens (primary N) is 1. The summed E-state index contributed by atoms with van der Waals surface area (Å²) in [5, 5.41) is 2.58. The minimum absolute atomic E-state index is 0.00469. The molecule has 0 fully saturated rings. The molecule has 1 rings (SSSR count). The molecule has 1 atom stereocenters. The van der Waals surface area contributed by atoms with Gasteiger partial charge in [0.1, 0.15) is 5.75 Å². The lowest BCUT2D eigenvalue weighted by molar-refractivity contribution is -0.117. The van der Waals surface area contributed by atoms with Gasteiger partial charge in [-0.25, -0.2) is 0 Å². The number of carbonyl (C=O) groups is 1. The predicted octanol–water partition coefficient (Wildman–Crippen LogP) is 2.74. The molecule has 0 spiro atoms. The number of anilines is 1. The lowest BCUT2D eigenvalue weighted by Gasteiger charge is -2.12. The van der Waals surface area contributed by atoms with E-state index >= 15 is 0 Å². The highest BCUT2D eigenvalue weighted by Crippen LogP contribution is 2.19. The van der Waals surface area contributed by atoms with Crippen molar-refractivity contribution in [2.24, 2.45) is 5.73 Å². The SMILES string of the molecule is CCCC[C@H](N)C(=O)Nc1cccc(OC(F)F)c1. The maximum Gasteiger partial charge on any atom is 0.387 e. The molecule has 0 unspecified atom stereocenters. The van der Waals surface area contributed by atoms with Crippen LogP contribution in [0.25, 0.3) is 0 Å². The number of amides is 1. The van der Waals surface area contributed by atoms with Gasteiger partial charge in [-0.05, 0) is 18.6 Å². The summed E-state index contributed by atoms with van der Waals surface area (Å²) in [4.78, 5) is 11.7. The number of unbranched alkanes of at least 4 members (excludes halogenated alkanes) is 1. The van der Waals surface area contributed by atoms with E-state index in [1.165, 1.54) is 18.2 Å². The summed E-state index contributed by atoms with van der Waals surface area (Å²) in [6, 6.07) is 5.22. The van der Waals surface area contributed by atoms with Gasteiger partial charge in [0.25, 0.3) is 0 Å². The zero-order chi connectivity index (χ0) is 14.3. The second-order valence-corrected chi connectivity index (χ2v) is 4.14. The first-order valence-corrected chi connectivity index (χ1v) is 6.14. The van der Waals surface area contributed by atoms with Crippen LogP contribution >= 0.6 is 0 Å². The van der Waals surface area contributed by atoms with E-state index in [-0.39, 0.29) is 11.7 Å². The molecule has 0 aliphatic rings. The van der Waals surface area contributed by atoms with Crippen LogP contribution in [0.2, 0.25) is 0 Å². The number of ether oxygens (including phenoxy) is 1. The van der Waals surface area contributed by atoms with Crippen LogP contribution in [0, 0.1) is 0 Å². The topological polar surface area (TPSA) is 64.4 Å². The Morgan fingerprint density at radius 3 is 2.84 bits per heavy atom. The molecule has 106 valence electrons. The summed E-state index contributed by atoms with van der Waals surface area (Å²) in [5.41, 5.74) is 6.09. The standard InChI is InChI=1S/C13H18F2N2O2/c1-2-3-7-11(16)12(18)17-9-5-4-6-10(8-9)19-13(14)15/h4-6,8,11,13H,2-3,7,16H2,1H3,(H,17,18)/t11-/m0/s1. The van der Waals surface area contributed by atoms with Crippen molar-refractivity contribution in [2.45, 2.75) is 38.8 Å². The van der Waals surface area contributed by atoms with E-state index in [1.807, 2.05) is 6.92 Å². The second-order valence-electron chi connectivity index (χ2n) is 4.14. The predicted molar refractivity (Wildman–Crippen MR) is 69.2 cm³/mol. The third-order valence-electron chi connectivity index (χ3n) is 2.53. The molecule has 0 bridgehead atoms. The molecular weight excluding hydrogens is 254 g/mol. The number of alkyl halides is 2. The molecule has 4 nitrogen and oxygen atoms in total. The zero-order valence-electron chi connectivity index (χ0n) is 10.7. The number of nitrogens with one attached hydrogen (secondary N) is 1. The number of hydrogen-bond acceptors (Lipinski definition) is 3. The molecule has 0 aromatic heterocycles. The summed E-state index contributed by atoms with van der Waals surface area (Å²) in [6.07, 6.45) is 2.41. The van der Waals surface area contributed by atoms with Gasteiger partial charge in [0.15, 0.2) is 0 Å². The normalized spacial score (nSPS) is 12.3. The molecule has 1 amide bonds. The minimum atomic E-state index is -2.89. The quantitative estimate of drug-likeness (QED) is 0.802. The van der Waals surface area contributed by atoms with E-state index < -0.39 is 12.7 Å². The molecule has 0 aliphatic heterocycles. The average Bonchev–Trinajstić information content (AvgIpc) is 2.35. The maximum absolute atomic E-state index is 12.1. The van der Waals surface area contributed by atoms with Crippen LogP contribution in [0.15, 0.2) is 24.3 Å². The summed E-state index contributed by atoms with van der Waals surface area (Å²) >= 11 is 0. The van der Waals surface area contributed by atoms with Crippen LogP contribution in [0.3, 0.4) is 0 Å². The van der Waals surface area contributed by atoms with E-state index in [0.717, 1.165) is 12.8 Å². The zero-order valence-corrected chi connectivity index (χ0v) is 10.7. The van der Waals surface area contributed by atoms with Crippen LogP contribution < -0.4 is 15.8 Å². The Labute approximate surface area is 110 Å². The molecule has 19 heavy (non-hydrogen) atoms. The largest absolute Gasteiger partial charge is 0.435 e. The van der Waals surface area contributed by atoms with Gasteiger partial charge in [0.2, 0.25) is 5.91 Å². The Hall–Kier alpha value is -1.69. The fourth-order valence-electron chi connectivity index (χ4n) is 1.54. The Morgan fingerprint density at radius 2 is 2.21 bits per heavy atom. The highest BCUT2D eigenvalue weighted by molar-refractivity contribution is 5.94. The number of carbonyl (C=O) groups excluding carboxylic acids is 1. The Balaban J connectivity index is 2.58. The number of benzene rings is 1. The van der Waals surface area contributed by atoms with Gasteiger partial charge >= 0.3 is 6.61 Å². The van der Waals surface area contributed by atoms with E-state index in [2.05, 4.69) is 10.1 Å². The van der Waals surface area contributed by atoms with Crippen molar-refractivity contribution in [3.63, 3.8) is 0 Å². The number of rotatable bonds is 7. The molecule has 3 N–H and O–H groups in total. The smallest absolute Gasteiger partial charge is 0.387 e. The molecule has 0 radical (unpaired) electrons. The fraction of sp³-hybridized carbons (Fsp3) is 0.462. The van der Waals surface area contributed by atoms with Crippen LogP contribution in [0.1, 0.15) is 26.2 Å². The van der Waals surface area contributed by atoms with Crippen molar-refractivity contribution in [3.8, 4) is 5.75 Å². The number of hydrogen-bond donors (Lipinski definition) is 2. The van der Waals surface area contributed by atoms with Gasteiger partial charge in [0, 0.05) is 11.8 Å². The van der Waals surface area contributed by atoms with Gasteiger partial charge < -0.3 is 15.8 Å². The summed E-state index contributed by atoms with van der Waals surface area (Å²) in [6.45, 7) is -0.881. The van der Waals surface area contributed by atoms with Gasteiger partial charge in [0.05, 0.1) is 6.04 Å². The summed E-state index contributed by atoms with van der Waals surface area (Å²) in [7, 11) is 0. The van der Waals surface area contributed by atoms with Gasteiger partial charge in [-0.1, -0.05) is 25.8 Å². The van der Waals surface area contributed by atoms with Gasteiger partial charge in [-0.2, -0.15) is 8.78 Å². The molecular formula is C13H18F2N2O2. The van der Waals surface area contributed by atoms with Gasteiger partial charge in [-0.3, -0.25) is 4.79 Å². The lowest BCUT2D eigenvalue weighted by atomic mass is 10.1. The van der Waals surface area contributed by atoms with E-state index in [1.54, 1.807) is 6.07 Å². The first-order chi connectivity index (χ1) is 9.02. The van der Waals surface area contributed by atoms with E-state index in [9.17, 15) is 13.6 Å². The van der Waals surface area contributed by atoms with Crippen molar-refractivity contribution in [1.29, 1.82) is 0 Å². The summed E-state index contributed by atoms with van der Waals surface area (Å²) in [5.74, 6) is -0.336. The average molecular weight is 272 g/mol. The Kier molecular flexibility index (Phi) is 6.21. The van der Waals surface area contributed by atoms with Crippen molar-refractivity contribution in [3.05, 3.63) is 24.3 Å². The van der Waals surface area contributed by atoms with Crippen LogP contribution in [0.5, 0.6) is 5.75 Å². The highest BCUT2D eigenvalue weighted by Gasteiger charge is 2.13. The molecule has 1 aromatic carbocycles. The molecule has 1 aromatic rings. The number of halogens is 2. The second kappa shape index (κ2) is 7.68. The third kappa shape index (κ3) is 5.65. The molecule has 0 heterocycles. The van der Waals surface area contributed by atoms with Crippen LogP contribution in [0.4, 0.5) is 14.5 Å². The Bertz CT molecular complexity index is 413. The molecule has 6 heteroatoms. The Morgan fingerprint density at radius 1 is 1.47 bits per heavy atom. The molecule has 0 saturated heterocycles. The monoisotopic (exact) mass is 272 g/mol. The first-order valence-electron chi connectivity index (χ1n) is 6.14. The van der Waals surface area contributed by atoms with Crippen LogP contribution in [-0.4, -0.2) is 18.6 Å². The maximum atomic E-state index is 12.1. The van der Waals surface area contributed by atoms with Crippen molar-refractivity contribution in [2.75, 3.05) is 5.32 Å². The molecule has 0 aliphatic carbocycles. The van der Waals surface area contributed by atoms with Gasteiger partial charge in [-0.15, -0.1) is 0 Å². The van der Waals surface area contributed by atoms with E-state index in [4.69, 9.17) is 5.73 Å².